The van der Waals surface area contributed by atoms with Gasteiger partial charge in [0.25, 0.3) is 0 Å². The lowest BCUT2D eigenvalue weighted by atomic mass is 9.98. The summed E-state index contributed by atoms with van der Waals surface area (Å²) in [6.07, 6.45) is 6.09. The molecule has 0 aliphatic heterocycles. The van der Waals surface area contributed by atoms with E-state index in [-0.39, 0.29) is 18.3 Å². The maximum Gasteiger partial charge on any atom is 0.310 e. The average Bonchev–Trinajstić information content (AvgIpc) is 2.58. The Kier molecular flexibility index (Phi) is 8.47. The highest BCUT2D eigenvalue weighted by Crippen LogP contribution is 2.30. The maximum absolute atomic E-state index is 12.4. The fourth-order valence-corrected chi connectivity index (χ4v) is 2.41. The van der Waals surface area contributed by atoms with Crippen LogP contribution >= 0.6 is 0 Å². The number of carbonyl (C=O) groups is 2. The van der Waals surface area contributed by atoms with E-state index in [1.54, 1.807) is 31.2 Å². The van der Waals surface area contributed by atoms with E-state index in [4.69, 9.17) is 14.2 Å². The quantitative estimate of drug-likeness (QED) is 0.278. The zero-order valence-corrected chi connectivity index (χ0v) is 15.3. The number of benzene rings is 1. The Hall–Kier alpha value is -2.56. The highest BCUT2D eigenvalue weighted by atomic mass is 16.5. The van der Waals surface area contributed by atoms with Gasteiger partial charge in [0.2, 0.25) is 0 Å². The van der Waals surface area contributed by atoms with Gasteiger partial charge in [-0.05, 0) is 44.4 Å². The molecule has 0 saturated heterocycles. The molecule has 0 bridgehead atoms. The average molecular weight is 346 g/mol. The number of carbonyl (C=O) groups excluding carboxylic acids is 2. The Morgan fingerprint density at radius 1 is 1.24 bits per heavy atom. The Labute approximate surface area is 149 Å². The van der Waals surface area contributed by atoms with Crippen LogP contribution in [-0.4, -0.2) is 32.1 Å². The monoisotopic (exact) mass is 346 g/mol. The van der Waals surface area contributed by atoms with E-state index >= 15 is 0 Å². The third-order valence-corrected chi connectivity index (χ3v) is 3.62. The van der Waals surface area contributed by atoms with Gasteiger partial charge in [0, 0.05) is 6.07 Å². The van der Waals surface area contributed by atoms with Crippen LogP contribution in [0.2, 0.25) is 0 Å². The van der Waals surface area contributed by atoms with Crippen molar-refractivity contribution in [1.82, 2.24) is 0 Å². The molecular weight excluding hydrogens is 320 g/mol. The third-order valence-electron chi connectivity index (χ3n) is 3.62. The highest BCUT2D eigenvalue weighted by molar-refractivity contribution is 6.08. The molecule has 1 aromatic carbocycles. The number of hydrogen-bond acceptors (Lipinski definition) is 5. The van der Waals surface area contributed by atoms with Crippen LogP contribution in [0.25, 0.3) is 0 Å². The number of ether oxygens (including phenoxy) is 3. The SMILES string of the molecule is C=CCCC(C)OC(=O)Cc1cc(OC)cc(OC)c1C(=O)/C=C/C. The van der Waals surface area contributed by atoms with Gasteiger partial charge in [0.05, 0.1) is 32.3 Å². The molecule has 0 heterocycles. The lowest BCUT2D eigenvalue weighted by molar-refractivity contribution is -0.147. The minimum Gasteiger partial charge on any atom is -0.497 e. The molecule has 0 aromatic heterocycles. The number of ketones is 1. The van der Waals surface area contributed by atoms with E-state index in [1.165, 1.54) is 20.3 Å². The van der Waals surface area contributed by atoms with Gasteiger partial charge in [-0.1, -0.05) is 12.2 Å². The predicted molar refractivity (Wildman–Crippen MR) is 97.4 cm³/mol. The summed E-state index contributed by atoms with van der Waals surface area (Å²) in [6.45, 7) is 7.24. The molecule has 0 N–H and O–H groups in total. The molecule has 5 heteroatoms. The Morgan fingerprint density at radius 2 is 1.96 bits per heavy atom. The summed E-state index contributed by atoms with van der Waals surface area (Å²) >= 11 is 0. The Balaban J connectivity index is 3.12. The van der Waals surface area contributed by atoms with Crippen LogP contribution in [0.15, 0.2) is 36.9 Å². The summed E-state index contributed by atoms with van der Waals surface area (Å²) < 4.78 is 15.9. The third kappa shape index (κ3) is 6.10. The first-order valence-electron chi connectivity index (χ1n) is 8.19. The van der Waals surface area contributed by atoms with Crippen molar-refractivity contribution in [3.8, 4) is 11.5 Å². The van der Waals surface area contributed by atoms with Crippen LogP contribution in [0.5, 0.6) is 11.5 Å². The van der Waals surface area contributed by atoms with Crippen molar-refractivity contribution in [3.63, 3.8) is 0 Å². The first kappa shape index (κ1) is 20.5. The maximum atomic E-state index is 12.4. The molecule has 1 atom stereocenters. The summed E-state index contributed by atoms with van der Waals surface area (Å²) in [4.78, 5) is 24.7. The normalized spacial score (nSPS) is 11.8. The summed E-state index contributed by atoms with van der Waals surface area (Å²) in [5.74, 6) is 0.243. The first-order chi connectivity index (χ1) is 12.0. The second kappa shape index (κ2) is 10.3. The molecule has 0 aliphatic rings. The van der Waals surface area contributed by atoms with Crippen LogP contribution in [-0.2, 0) is 16.0 Å². The van der Waals surface area contributed by atoms with Crippen molar-refractivity contribution < 1.29 is 23.8 Å². The van der Waals surface area contributed by atoms with Crippen molar-refractivity contribution in [2.24, 2.45) is 0 Å². The molecule has 5 nitrogen and oxygen atoms in total. The zero-order valence-electron chi connectivity index (χ0n) is 15.3. The van der Waals surface area contributed by atoms with E-state index in [2.05, 4.69) is 6.58 Å². The van der Waals surface area contributed by atoms with E-state index in [1.807, 2.05) is 6.92 Å². The summed E-state index contributed by atoms with van der Waals surface area (Å²) in [5, 5.41) is 0. The molecule has 136 valence electrons. The fourth-order valence-electron chi connectivity index (χ4n) is 2.41. The lowest BCUT2D eigenvalue weighted by Crippen LogP contribution is -2.18. The largest absolute Gasteiger partial charge is 0.497 e. The molecule has 1 aromatic rings. The number of allylic oxidation sites excluding steroid dienone is 3. The number of rotatable bonds is 10. The molecule has 1 unspecified atom stereocenters. The van der Waals surface area contributed by atoms with Gasteiger partial charge in [-0.3, -0.25) is 9.59 Å². The number of hydrogen-bond donors (Lipinski definition) is 0. The van der Waals surface area contributed by atoms with Crippen LogP contribution in [0.4, 0.5) is 0 Å². The van der Waals surface area contributed by atoms with Crippen molar-refractivity contribution in [3.05, 3.63) is 48.1 Å². The number of esters is 1. The van der Waals surface area contributed by atoms with Crippen LogP contribution in [0.1, 0.15) is 42.6 Å². The van der Waals surface area contributed by atoms with Crippen LogP contribution < -0.4 is 9.47 Å². The molecular formula is C20H26O5. The van der Waals surface area contributed by atoms with Gasteiger partial charge >= 0.3 is 5.97 Å². The van der Waals surface area contributed by atoms with E-state index in [0.717, 1.165) is 6.42 Å². The molecule has 0 amide bonds. The lowest BCUT2D eigenvalue weighted by Gasteiger charge is -2.16. The van der Waals surface area contributed by atoms with Crippen molar-refractivity contribution in [2.75, 3.05) is 14.2 Å². The summed E-state index contributed by atoms with van der Waals surface area (Å²) in [6, 6.07) is 3.28. The standard InChI is InChI=1S/C20H26O5/c1-6-8-10-14(3)25-19(22)12-15-11-16(23-4)13-18(24-5)20(15)17(21)9-7-2/h6-7,9,11,13-14H,1,8,10,12H2,2-5H3/b9-7+. The van der Waals surface area contributed by atoms with Gasteiger partial charge in [0.15, 0.2) is 5.78 Å². The minimum absolute atomic E-state index is 0.0371. The Bertz CT molecular complexity index is 646. The zero-order chi connectivity index (χ0) is 18.8. The number of methoxy groups -OCH3 is 2. The molecule has 0 saturated carbocycles. The van der Waals surface area contributed by atoms with Gasteiger partial charge in [0.1, 0.15) is 11.5 Å². The molecule has 1 rings (SSSR count). The molecule has 0 fully saturated rings. The predicted octanol–water partition coefficient (Wildman–Crippen LogP) is 3.90. The topological polar surface area (TPSA) is 61.8 Å². The molecule has 0 aliphatic carbocycles. The van der Waals surface area contributed by atoms with Gasteiger partial charge in [-0.2, -0.15) is 0 Å². The van der Waals surface area contributed by atoms with Crippen molar-refractivity contribution >= 4 is 11.8 Å². The smallest absolute Gasteiger partial charge is 0.310 e. The Morgan fingerprint density at radius 3 is 2.52 bits per heavy atom. The van der Waals surface area contributed by atoms with E-state index in [9.17, 15) is 9.59 Å². The molecule has 0 spiro atoms. The van der Waals surface area contributed by atoms with Gasteiger partial charge in [-0.15, -0.1) is 6.58 Å². The second-order valence-corrected chi connectivity index (χ2v) is 5.57. The highest BCUT2D eigenvalue weighted by Gasteiger charge is 2.21. The van der Waals surface area contributed by atoms with E-state index < -0.39 is 5.97 Å². The summed E-state index contributed by atoms with van der Waals surface area (Å²) in [5.41, 5.74) is 0.859. The minimum atomic E-state index is -0.401. The van der Waals surface area contributed by atoms with Crippen LogP contribution in [0, 0.1) is 0 Å². The van der Waals surface area contributed by atoms with Crippen molar-refractivity contribution in [2.45, 2.75) is 39.2 Å². The first-order valence-corrected chi connectivity index (χ1v) is 8.19. The van der Waals surface area contributed by atoms with Gasteiger partial charge < -0.3 is 14.2 Å². The molecule has 0 radical (unpaired) electrons. The van der Waals surface area contributed by atoms with Crippen molar-refractivity contribution in [1.29, 1.82) is 0 Å². The fraction of sp³-hybridized carbons (Fsp3) is 0.400. The summed E-state index contributed by atoms with van der Waals surface area (Å²) in [7, 11) is 2.99. The van der Waals surface area contributed by atoms with Gasteiger partial charge in [-0.25, -0.2) is 0 Å². The van der Waals surface area contributed by atoms with E-state index in [0.29, 0.717) is 29.0 Å². The second-order valence-electron chi connectivity index (χ2n) is 5.57. The van der Waals surface area contributed by atoms with Crippen LogP contribution in [0.3, 0.4) is 0 Å². The molecule has 25 heavy (non-hydrogen) atoms.